The summed E-state index contributed by atoms with van der Waals surface area (Å²) in [6.45, 7) is 0. The second kappa shape index (κ2) is 12.0. The molecule has 0 fully saturated rings. The Kier molecular flexibility index (Phi) is 10.7. The third-order valence-corrected chi connectivity index (χ3v) is 4.93. The maximum Gasteiger partial charge on any atom is 0.403 e. The Morgan fingerprint density at radius 2 is 1.05 bits per heavy atom. The van der Waals surface area contributed by atoms with E-state index in [0.29, 0.717) is 0 Å². The molecule has 0 amide bonds. The average molecular weight is 327 g/mol. The van der Waals surface area contributed by atoms with E-state index in [0.717, 1.165) is 19.3 Å². The van der Waals surface area contributed by atoms with E-state index in [4.69, 9.17) is 14.7 Å². The van der Waals surface area contributed by atoms with Gasteiger partial charge in [-0.25, -0.2) is 0 Å². The number of hydrogen-bond acceptors (Lipinski definition) is 3. The number of unbranched alkanes of at least 4 members (excludes halogenated alkanes) is 9. The summed E-state index contributed by atoms with van der Waals surface area (Å²) < 4.78 is 0. The van der Waals surface area contributed by atoms with Gasteiger partial charge in [-0.15, -0.1) is 0 Å². The van der Waals surface area contributed by atoms with E-state index in [1.807, 2.05) is 0 Å². The summed E-state index contributed by atoms with van der Waals surface area (Å²) in [7, 11) is -3.52. The normalized spacial score (nSPS) is 11.8. The zero-order chi connectivity index (χ0) is 16.1. The molecule has 0 bridgehead atoms. The van der Waals surface area contributed by atoms with Gasteiger partial charge in [-0.1, -0.05) is 75.3 Å². The first-order chi connectivity index (χ1) is 10.6. The van der Waals surface area contributed by atoms with Crippen molar-refractivity contribution in [3.63, 3.8) is 0 Å². The van der Waals surface area contributed by atoms with Crippen LogP contribution < -0.4 is 0 Å². The van der Waals surface area contributed by atoms with E-state index in [1.165, 1.54) is 56.9 Å². The molecule has 1 aromatic carbocycles. The highest BCUT2D eigenvalue weighted by molar-refractivity contribution is 7.58. The monoisotopic (exact) mass is 327 g/mol. The van der Waals surface area contributed by atoms with E-state index in [-0.39, 0.29) is 6.16 Å². The lowest BCUT2D eigenvalue weighted by Gasteiger charge is -2.04. The van der Waals surface area contributed by atoms with Gasteiger partial charge in [-0.3, -0.25) is 0 Å². The maximum atomic E-state index is 8.86. The number of hydrogen-bond donors (Lipinski definition) is 3. The Morgan fingerprint density at radius 3 is 1.55 bits per heavy atom. The lowest BCUT2D eigenvalue weighted by molar-refractivity contribution is 0.328. The Balaban J connectivity index is 1.78. The zero-order valence-corrected chi connectivity index (χ0v) is 14.6. The van der Waals surface area contributed by atoms with Crippen LogP contribution in [-0.2, 0) is 6.42 Å². The minimum absolute atomic E-state index is 0.161. The molecule has 0 saturated carbocycles. The molecule has 126 valence electrons. The van der Waals surface area contributed by atoms with Gasteiger partial charge in [0.15, 0.2) is 0 Å². The van der Waals surface area contributed by atoms with Gasteiger partial charge in [-0.2, -0.15) is 14.7 Å². The van der Waals surface area contributed by atoms with E-state index in [9.17, 15) is 0 Å². The van der Waals surface area contributed by atoms with Crippen LogP contribution >= 0.6 is 7.94 Å². The molecule has 0 heterocycles. The van der Waals surface area contributed by atoms with Gasteiger partial charge in [0.25, 0.3) is 0 Å². The van der Waals surface area contributed by atoms with Crippen LogP contribution in [-0.4, -0.2) is 20.8 Å². The molecule has 0 atom stereocenters. The average Bonchev–Trinajstić information content (AvgIpc) is 2.48. The van der Waals surface area contributed by atoms with Gasteiger partial charge in [0.1, 0.15) is 6.16 Å². The van der Waals surface area contributed by atoms with E-state index < -0.39 is 7.94 Å². The van der Waals surface area contributed by atoms with Crippen LogP contribution in [0.15, 0.2) is 30.3 Å². The first-order valence-electron chi connectivity index (χ1n) is 8.68. The van der Waals surface area contributed by atoms with Crippen LogP contribution in [0.2, 0.25) is 0 Å². The van der Waals surface area contributed by atoms with Gasteiger partial charge >= 0.3 is 7.94 Å². The van der Waals surface area contributed by atoms with Crippen LogP contribution in [0.5, 0.6) is 0 Å². The SMILES string of the molecule is O[P+](O)(O)CCCCCCCCCCCCc1ccccc1. The Hall–Kier alpha value is -0.470. The summed E-state index contributed by atoms with van der Waals surface area (Å²) >= 11 is 0. The molecular weight excluding hydrogens is 295 g/mol. The molecule has 0 saturated heterocycles. The van der Waals surface area contributed by atoms with E-state index in [1.54, 1.807) is 0 Å². The molecule has 0 aliphatic heterocycles. The summed E-state index contributed by atoms with van der Waals surface area (Å²) in [6, 6.07) is 10.7. The zero-order valence-electron chi connectivity index (χ0n) is 13.7. The van der Waals surface area contributed by atoms with Crippen molar-refractivity contribution in [3.05, 3.63) is 35.9 Å². The molecule has 0 aromatic heterocycles. The molecule has 3 nitrogen and oxygen atoms in total. The molecule has 0 aliphatic carbocycles. The summed E-state index contributed by atoms with van der Waals surface area (Å²) in [6.07, 6.45) is 13.3. The minimum Gasteiger partial charge on any atom is -0.193 e. The Morgan fingerprint density at radius 1 is 0.591 bits per heavy atom. The molecule has 0 spiro atoms. The first-order valence-corrected chi connectivity index (χ1v) is 10.5. The third-order valence-electron chi connectivity index (χ3n) is 4.02. The smallest absolute Gasteiger partial charge is 0.193 e. The van der Waals surface area contributed by atoms with Crippen molar-refractivity contribution in [2.75, 3.05) is 6.16 Å². The van der Waals surface area contributed by atoms with Crippen molar-refractivity contribution >= 4 is 7.94 Å². The van der Waals surface area contributed by atoms with Crippen molar-refractivity contribution in [2.24, 2.45) is 0 Å². The fraction of sp³-hybridized carbons (Fsp3) is 0.667. The van der Waals surface area contributed by atoms with Crippen molar-refractivity contribution in [1.29, 1.82) is 0 Å². The molecule has 0 radical (unpaired) electrons. The summed E-state index contributed by atoms with van der Waals surface area (Å²) in [4.78, 5) is 26.6. The van der Waals surface area contributed by atoms with Crippen LogP contribution in [0.4, 0.5) is 0 Å². The van der Waals surface area contributed by atoms with Crippen LogP contribution in [0, 0.1) is 0 Å². The van der Waals surface area contributed by atoms with E-state index >= 15 is 0 Å². The van der Waals surface area contributed by atoms with Gasteiger partial charge in [-0.05, 0) is 31.2 Å². The summed E-state index contributed by atoms with van der Waals surface area (Å²) in [5.74, 6) is 0. The second-order valence-electron chi connectivity index (χ2n) is 6.19. The van der Waals surface area contributed by atoms with E-state index in [2.05, 4.69) is 30.3 Å². The second-order valence-corrected chi connectivity index (χ2v) is 8.02. The van der Waals surface area contributed by atoms with Crippen LogP contribution in [0.1, 0.15) is 69.8 Å². The molecule has 1 aromatic rings. The standard InChI is InChI=1S/C18H32O3P/c19-22(20,21)17-13-8-6-4-2-1-3-5-7-10-14-18-15-11-9-12-16-18/h9,11-12,15-16,19-21H,1-8,10,13-14,17H2/q+1. The predicted molar refractivity (Wildman–Crippen MR) is 94.8 cm³/mol. The molecule has 0 unspecified atom stereocenters. The lowest BCUT2D eigenvalue weighted by Crippen LogP contribution is -1.95. The number of aryl methyl sites for hydroxylation is 1. The van der Waals surface area contributed by atoms with Gasteiger partial charge in [0.05, 0.1) is 0 Å². The number of rotatable bonds is 13. The fourth-order valence-corrected chi connectivity index (χ4v) is 3.36. The highest BCUT2D eigenvalue weighted by atomic mass is 31.2. The number of benzene rings is 1. The molecular formula is C18H32O3P+. The third kappa shape index (κ3) is 12.1. The highest BCUT2D eigenvalue weighted by Gasteiger charge is 2.27. The van der Waals surface area contributed by atoms with Gasteiger partial charge in [0, 0.05) is 0 Å². The molecule has 0 aliphatic rings. The molecule has 1 rings (SSSR count). The molecule has 22 heavy (non-hydrogen) atoms. The quantitative estimate of drug-likeness (QED) is 0.358. The van der Waals surface area contributed by atoms with Gasteiger partial charge < -0.3 is 0 Å². The topological polar surface area (TPSA) is 60.7 Å². The Labute approximate surface area is 136 Å². The largest absolute Gasteiger partial charge is 0.403 e. The van der Waals surface area contributed by atoms with Crippen LogP contribution in [0.25, 0.3) is 0 Å². The fourth-order valence-electron chi connectivity index (χ4n) is 2.71. The first kappa shape index (κ1) is 19.6. The molecule has 4 heteroatoms. The van der Waals surface area contributed by atoms with Crippen molar-refractivity contribution in [2.45, 2.75) is 70.6 Å². The van der Waals surface area contributed by atoms with Crippen LogP contribution in [0.3, 0.4) is 0 Å². The van der Waals surface area contributed by atoms with Crippen molar-refractivity contribution < 1.29 is 14.7 Å². The highest BCUT2D eigenvalue weighted by Crippen LogP contribution is 2.45. The lowest BCUT2D eigenvalue weighted by atomic mass is 10.0. The minimum atomic E-state index is -3.52. The van der Waals surface area contributed by atoms with Crippen molar-refractivity contribution in [1.82, 2.24) is 0 Å². The van der Waals surface area contributed by atoms with Gasteiger partial charge in [0.2, 0.25) is 0 Å². The maximum absolute atomic E-state index is 8.86. The molecule has 3 N–H and O–H groups in total. The summed E-state index contributed by atoms with van der Waals surface area (Å²) in [5.41, 5.74) is 1.45. The summed E-state index contributed by atoms with van der Waals surface area (Å²) in [5, 5.41) is 0. The predicted octanol–water partition coefficient (Wildman–Crippen LogP) is 4.87. The van der Waals surface area contributed by atoms with Crippen molar-refractivity contribution in [3.8, 4) is 0 Å². The Bertz CT molecular complexity index is 362.